The summed E-state index contributed by atoms with van der Waals surface area (Å²) in [7, 11) is 1.76. The van der Waals surface area contributed by atoms with Crippen LogP contribution in [0.1, 0.15) is 31.2 Å². The summed E-state index contributed by atoms with van der Waals surface area (Å²) in [5.41, 5.74) is -0.516. The van der Waals surface area contributed by atoms with Gasteiger partial charge in [-0.05, 0) is 24.8 Å². The number of likely N-dealkylation sites (tertiary alicyclic amines) is 2. The Hall–Kier alpha value is -2.12. The van der Waals surface area contributed by atoms with Gasteiger partial charge < -0.3 is 19.6 Å². The van der Waals surface area contributed by atoms with Crippen LogP contribution in [0.2, 0.25) is 0 Å². The highest BCUT2D eigenvalue weighted by Crippen LogP contribution is 2.34. The lowest BCUT2D eigenvalue weighted by atomic mass is 9.87. The average molecular weight is 402 g/mol. The maximum Gasteiger partial charge on any atom is 0.410 e. The van der Waals surface area contributed by atoms with E-state index in [0.29, 0.717) is 32.6 Å². The summed E-state index contributed by atoms with van der Waals surface area (Å²) in [6, 6.07) is 10.1. The molecule has 29 heavy (non-hydrogen) atoms. The smallest absolute Gasteiger partial charge is 0.410 e. The van der Waals surface area contributed by atoms with Crippen molar-refractivity contribution >= 4 is 12.0 Å². The van der Waals surface area contributed by atoms with Crippen LogP contribution in [-0.2, 0) is 16.0 Å². The van der Waals surface area contributed by atoms with Crippen molar-refractivity contribution in [2.75, 3.05) is 46.3 Å². The summed E-state index contributed by atoms with van der Waals surface area (Å²) >= 11 is 0. The van der Waals surface area contributed by atoms with Crippen molar-refractivity contribution in [1.29, 1.82) is 0 Å². The maximum atomic E-state index is 13.1. The van der Waals surface area contributed by atoms with Crippen LogP contribution >= 0.6 is 0 Å². The monoisotopic (exact) mass is 401 g/mol. The van der Waals surface area contributed by atoms with E-state index < -0.39 is 11.2 Å². The molecule has 3 saturated heterocycles. The van der Waals surface area contributed by atoms with Crippen LogP contribution in [0.25, 0.3) is 0 Å². The third-order valence-electron chi connectivity index (χ3n) is 6.61. The van der Waals surface area contributed by atoms with Gasteiger partial charge in [0.05, 0.1) is 6.54 Å². The van der Waals surface area contributed by atoms with Crippen molar-refractivity contribution in [3.8, 4) is 0 Å². The molecule has 158 valence electrons. The molecule has 4 rings (SSSR count). The first kappa shape index (κ1) is 20.2. The molecule has 3 heterocycles. The molecule has 7 heteroatoms. The summed E-state index contributed by atoms with van der Waals surface area (Å²) in [6.07, 6.45) is 3.35. The Morgan fingerprint density at radius 2 is 1.79 bits per heavy atom. The van der Waals surface area contributed by atoms with Gasteiger partial charge in [0.25, 0.3) is 5.91 Å². The van der Waals surface area contributed by atoms with E-state index in [1.54, 1.807) is 11.9 Å². The summed E-state index contributed by atoms with van der Waals surface area (Å²) < 4.78 is 5.60. The molecular formula is C22H31N3O4. The molecule has 0 saturated carbocycles. The zero-order valence-corrected chi connectivity index (χ0v) is 17.2. The number of amides is 2. The predicted octanol–water partition coefficient (Wildman–Crippen LogP) is 1.50. The second-order valence-corrected chi connectivity index (χ2v) is 8.85. The first-order valence-corrected chi connectivity index (χ1v) is 10.6. The Bertz CT molecular complexity index is 748. The van der Waals surface area contributed by atoms with Gasteiger partial charge >= 0.3 is 6.09 Å². The van der Waals surface area contributed by atoms with Gasteiger partial charge in [0.1, 0.15) is 5.60 Å². The highest BCUT2D eigenvalue weighted by atomic mass is 16.6. The molecule has 1 atom stereocenters. The fourth-order valence-corrected chi connectivity index (χ4v) is 4.87. The highest BCUT2D eigenvalue weighted by Gasteiger charge is 2.48. The molecule has 1 spiro atoms. The highest BCUT2D eigenvalue weighted by molar-refractivity contribution is 5.86. The Morgan fingerprint density at radius 1 is 1.07 bits per heavy atom. The second kappa shape index (κ2) is 7.95. The number of hydrogen-bond acceptors (Lipinski definition) is 5. The normalized spacial score (nSPS) is 27.5. The Balaban J connectivity index is 1.32. The van der Waals surface area contributed by atoms with Crippen molar-refractivity contribution in [2.24, 2.45) is 0 Å². The summed E-state index contributed by atoms with van der Waals surface area (Å²) in [6.45, 7) is 3.76. The average Bonchev–Trinajstić information content (AvgIpc) is 2.99. The van der Waals surface area contributed by atoms with Crippen molar-refractivity contribution < 1.29 is 19.4 Å². The number of ether oxygens (including phenoxy) is 1. The minimum absolute atomic E-state index is 0.146. The molecule has 0 radical (unpaired) electrons. The molecule has 0 aliphatic carbocycles. The van der Waals surface area contributed by atoms with Crippen LogP contribution in [0.3, 0.4) is 0 Å². The zero-order chi connectivity index (χ0) is 20.5. The van der Waals surface area contributed by atoms with E-state index in [0.717, 1.165) is 38.8 Å². The van der Waals surface area contributed by atoms with Gasteiger partial charge in [0.15, 0.2) is 5.60 Å². The van der Waals surface area contributed by atoms with Crippen molar-refractivity contribution in [1.82, 2.24) is 14.7 Å². The van der Waals surface area contributed by atoms with Crippen LogP contribution < -0.4 is 0 Å². The summed E-state index contributed by atoms with van der Waals surface area (Å²) in [5.74, 6) is -0.146. The minimum atomic E-state index is -1.32. The summed E-state index contributed by atoms with van der Waals surface area (Å²) in [5, 5.41) is 11.2. The van der Waals surface area contributed by atoms with E-state index in [1.807, 2.05) is 23.1 Å². The fraction of sp³-hybridized carbons (Fsp3) is 0.636. The Kier molecular flexibility index (Phi) is 5.53. The van der Waals surface area contributed by atoms with Crippen LogP contribution in [0.15, 0.2) is 30.3 Å². The van der Waals surface area contributed by atoms with Gasteiger partial charge in [-0.15, -0.1) is 0 Å². The number of nitrogens with zero attached hydrogens (tertiary/aromatic N) is 3. The van der Waals surface area contributed by atoms with E-state index in [4.69, 9.17) is 4.74 Å². The number of β-amino-alcohol motifs (C(OH)–C–C–N with tert-alkyl or cyclic N) is 1. The molecule has 2 amide bonds. The van der Waals surface area contributed by atoms with Crippen LogP contribution in [0.5, 0.6) is 0 Å². The van der Waals surface area contributed by atoms with E-state index in [2.05, 4.69) is 17.0 Å². The van der Waals surface area contributed by atoms with Crippen molar-refractivity contribution in [2.45, 2.75) is 43.3 Å². The molecule has 1 aromatic carbocycles. The topological polar surface area (TPSA) is 73.3 Å². The predicted molar refractivity (Wildman–Crippen MR) is 108 cm³/mol. The number of hydrogen-bond donors (Lipinski definition) is 1. The van der Waals surface area contributed by atoms with E-state index >= 15 is 0 Å². The van der Waals surface area contributed by atoms with Crippen LogP contribution in [-0.4, -0.2) is 89.3 Å². The Morgan fingerprint density at radius 3 is 2.45 bits per heavy atom. The lowest BCUT2D eigenvalue weighted by Gasteiger charge is -2.43. The number of carbonyl (C=O) groups excluding carboxylic acids is 2. The van der Waals surface area contributed by atoms with Gasteiger partial charge in [-0.3, -0.25) is 9.69 Å². The van der Waals surface area contributed by atoms with Crippen LogP contribution in [0.4, 0.5) is 4.79 Å². The number of aliphatic hydroxyl groups is 1. The molecule has 3 fully saturated rings. The SMILES string of the molecule is CN1CC2(CCN(C[C@]3(O)CCCN(CCc4ccccc4)C3=O)CC2)OC1=O. The molecule has 0 unspecified atom stereocenters. The molecule has 3 aliphatic heterocycles. The van der Waals surface area contributed by atoms with Gasteiger partial charge in [0.2, 0.25) is 0 Å². The molecule has 0 aromatic heterocycles. The van der Waals surface area contributed by atoms with Crippen LogP contribution in [0, 0.1) is 0 Å². The van der Waals surface area contributed by atoms with E-state index in [-0.39, 0.29) is 12.0 Å². The standard InChI is InChI=1S/C22H31N3O4/c1-23-16-21(29-20(23)27)10-14-24(15-11-21)17-22(28)9-5-12-25(19(22)26)13-8-18-6-3-2-4-7-18/h2-4,6-7,28H,5,8-17H2,1H3/t22-/m1/s1. The number of carbonyl (C=O) groups is 2. The molecule has 3 aliphatic rings. The molecule has 1 N–H and O–H groups in total. The molecule has 7 nitrogen and oxygen atoms in total. The van der Waals surface area contributed by atoms with Gasteiger partial charge in [-0.1, -0.05) is 30.3 Å². The van der Waals surface area contributed by atoms with Crippen molar-refractivity contribution in [3.05, 3.63) is 35.9 Å². The van der Waals surface area contributed by atoms with E-state index in [1.165, 1.54) is 5.56 Å². The second-order valence-electron chi connectivity index (χ2n) is 8.85. The maximum absolute atomic E-state index is 13.1. The van der Waals surface area contributed by atoms with Crippen molar-refractivity contribution in [3.63, 3.8) is 0 Å². The number of rotatable bonds is 5. The zero-order valence-electron chi connectivity index (χ0n) is 17.2. The number of benzene rings is 1. The third kappa shape index (κ3) is 4.26. The summed E-state index contributed by atoms with van der Waals surface area (Å²) in [4.78, 5) is 30.4. The van der Waals surface area contributed by atoms with Gasteiger partial charge in [-0.25, -0.2) is 4.79 Å². The molecular weight excluding hydrogens is 370 g/mol. The minimum Gasteiger partial charge on any atom is -0.441 e. The largest absolute Gasteiger partial charge is 0.441 e. The lowest BCUT2D eigenvalue weighted by Crippen LogP contribution is -2.60. The third-order valence-corrected chi connectivity index (χ3v) is 6.61. The molecule has 0 bridgehead atoms. The van der Waals surface area contributed by atoms with Gasteiger partial charge in [0, 0.05) is 52.6 Å². The van der Waals surface area contributed by atoms with E-state index in [9.17, 15) is 14.7 Å². The first-order chi connectivity index (χ1) is 13.9. The number of likely N-dealkylation sites (N-methyl/N-ethyl adjacent to an activating group) is 1. The first-order valence-electron chi connectivity index (χ1n) is 10.6. The van der Waals surface area contributed by atoms with Gasteiger partial charge in [-0.2, -0.15) is 0 Å². The Labute approximate surface area is 172 Å². The quantitative estimate of drug-likeness (QED) is 0.810. The lowest BCUT2D eigenvalue weighted by molar-refractivity contribution is -0.160. The molecule has 1 aromatic rings. The number of piperidine rings is 2. The fourth-order valence-electron chi connectivity index (χ4n) is 4.87.